The van der Waals surface area contributed by atoms with Gasteiger partial charge in [-0.25, -0.2) is 0 Å². The fraction of sp³-hybridized carbons (Fsp3) is 0.562. The highest BCUT2D eigenvalue weighted by atomic mass is 16.5. The molecule has 20 heavy (non-hydrogen) atoms. The van der Waals surface area contributed by atoms with Crippen molar-refractivity contribution in [1.29, 1.82) is 0 Å². The van der Waals surface area contributed by atoms with Crippen molar-refractivity contribution >= 4 is 5.97 Å². The normalized spacial score (nSPS) is 15.6. The molecule has 0 saturated carbocycles. The van der Waals surface area contributed by atoms with Crippen LogP contribution in [0.25, 0.3) is 0 Å². The molecular weight excluding hydrogens is 256 g/mol. The van der Waals surface area contributed by atoms with Crippen molar-refractivity contribution in [3.05, 3.63) is 29.8 Å². The van der Waals surface area contributed by atoms with Crippen LogP contribution in [0.5, 0.6) is 5.75 Å². The van der Waals surface area contributed by atoms with E-state index in [4.69, 9.17) is 9.47 Å². The average Bonchev–Trinajstić information content (AvgIpc) is 2.38. The van der Waals surface area contributed by atoms with Crippen LogP contribution in [0.3, 0.4) is 0 Å². The molecular formula is C16H24O4. The predicted molar refractivity (Wildman–Crippen MR) is 77.7 cm³/mol. The molecule has 0 saturated heterocycles. The minimum Gasteiger partial charge on any atom is -0.497 e. The van der Waals surface area contributed by atoms with Gasteiger partial charge in [0.2, 0.25) is 0 Å². The van der Waals surface area contributed by atoms with Crippen molar-refractivity contribution in [2.45, 2.75) is 32.8 Å². The van der Waals surface area contributed by atoms with Gasteiger partial charge in [-0.1, -0.05) is 26.0 Å². The molecule has 0 spiro atoms. The lowest BCUT2D eigenvalue weighted by molar-refractivity contribution is -0.157. The molecule has 1 N–H and O–H groups in total. The summed E-state index contributed by atoms with van der Waals surface area (Å²) in [6.07, 6.45) is 0.384. The highest BCUT2D eigenvalue weighted by molar-refractivity contribution is 5.74. The minimum absolute atomic E-state index is 0.00398. The summed E-state index contributed by atoms with van der Waals surface area (Å²) in [5, 5.41) is 10.7. The van der Waals surface area contributed by atoms with Crippen LogP contribution in [-0.2, 0) is 16.0 Å². The molecule has 0 radical (unpaired) electrons. The summed E-state index contributed by atoms with van der Waals surface area (Å²) in [5.74, 6) is -0.175. The second-order valence-corrected chi connectivity index (χ2v) is 5.63. The number of esters is 1. The molecule has 0 fully saturated rings. The number of carbonyl (C=O) groups excluding carboxylic acids is 1. The molecule has 4 nitrogen and oxygen atoms in total. The number of carbonyl (C=O) groups is 1. The van der Waals surface area contributed by atoms with E-state index >= 15 is 0 Å². The van der Waals surface area contributed by atoms with Gasteiger partial charge in [-0.15, -0.1) is 0 Å². The Morgan fingerprint density at radius 2 is 1.80 bits per heavy atom. The van der Waals surface area contributed by atoms with E-state index in [1.807, 2.05) is 38.1 Å². The summed E-state index contributed by atoms with van der Waals surface area (Å²) in [6.45, 7) is 5.49. The van der Waals surface area contributed by atoms with E-state index in [1.54, 1.807) is 14.0 Å². The minimum atomic E-state index is -1.16. The molecule has 2 unspecified atom stereocenters. The van der Waals surface area contributed by atoms with Gasteiger partial charge in [-0.3, -0.25) is 4.79 Å². The molecule has 0 aliphatic rings. The van der Waals surface area contributed by atoms with Gasteiger partial charge in [-0.2, -0.15) is 0 Å². The molecule has 0 aromatic heterocycles. The van der Waals surface area contributed by atoms with Crippen molar-refractivity contribution in [2.24, 2.45) is 11.8 Å². The van der Waals surface area contributed by atoms with Crippen LogP contribution in [0.2, 0.25) is 0 Å². The quantitative estimate of drug-likeness (QED) is 0.813. The van der Waals surface area contributed by atoms with Gasteiger partial charge in [0.1, 0.15) is 5.75 Å². The highest BCUT2D eigenvalue weighted by Crippen LogP contribution is 2.30. The first kappa shape index (κ1) is 16.5. The predicted octanol–water partition coefficient (Wildman–Crippen LogP) is 2.43. The Morgan fingerprint density at radius 1 is 1.25 bits per heavy atom. The van der Waals surface area contributed by atoms with E-state index in [0.29, 0.717) is 6.42 Å². The van der Waals surface area contributed by atoms with Crippen molar-refractivity contribution in [2.75, 3.05) is 14.2 Å². The Bertz CT molecular complexity index is 434. The monoisotopic (exact) mass is 280 g/mol. The van der Waals surface area contributed by atoms with Gasteiger partial charge in [0.05, 0.1) is 25.7 Å². The summed E-state index contributed by atoms with van der Waals surface area (Å²) < 4.78 is 9.92. The smallest absolute Gasteiger partial charge is 0.311 e. The van der Waals surface area contributed by atoms with E-state index < -0.39 is 11.5 Å². The molecule has 0 aliphatic heterocycles. The number of ether oxygens (including phenoxy) is 2. The lowest BCUT2D eigenvalue weighted by Gasteiger charge is -2.33. The number of aliphatic hydroxyl groups is 1. The molecule has 0 amide bonds. The third kappa shape index (κ3) is 3.97. The maximum Gasteiger partial charge on any atom is 0.311 e. The van der Waals surface area contributed by atoms with Crippen LogP contribution >= 0.6 is 0 Å². The van der Waals surface area contributed by atoms with E-state index in [0.717, 1.165) is 11.3 Å². The summed E-state index contributed by atoms with van der Waals surface area (Å²) in [6, 6.07) is 7.46. The molecule has 4 heteroatoms. The number of hydrogen-bond acceptors (Lipinski definition) is 4. The van der Waals surface area contributed by atoms with Crippen LogP contribution in [0.4, 0.5) is 0 Å². The Kier molecular flexibility index (Phi) is 5.57. The van der Waals surface area contributed by atoms with E-state index in [9.17, 15) is 9.90 Å². The summed E-state index contributed by atoms with van der Waals surface area (Å²) in [7, 11) is 2.96. The lowest BCUT2D eigenvalue weighted by atomic mass is 9.77. The molecule has 1 rings (SSSR count). The fourth-order valence-corrected chi connectivity index (χ4v) is 2.64. The van der Waals surface area contributed by atoms with Crippen molar-refractivity contribution < 1.29 is 19.4 Å². The molecule has 112 valence electrons. The van der Waals surface area contributed by atoms with Gasteiger partial charge in [-0.05, 0) is 30.5 Å². The van der Waals surface area contributed by atoms with Crippen LogP contribution < -0.4 is 4.74 Å². The molecule has 0 bridgehead atoms. The van der Waals surface area contributed by atoms with Crippen LogP contribution in [-0.4, -0.2) is 30.9 Å². The van der Waals surface area contributed by atoms with Crippen molar-refractivity contribution in [3.63, 3.8) is 0 Å². The largest absolute Gasteiger partial charge is 0.497 e. The fourth-order valence-electron chi connectivity index (χ4n) is 2.64. The average molecular weight is 280 g/mol. The SMILES string of the molecule is COC(=O)C(C(C)C)C(C)(O)Cc1ccc(OC)cc1. The summed E-state index contributed by atoms with van der Waals surface area (Å²) in [5.41, 5.74) is -0.207. The van der Waals surface area contributed by atoms with Gasteiger partial charge in [0.25, 0.3) is 0 Å². The second kappa shape index (κ2) is 6.75. The zero-order valence-corrected chi connectivity index (χ0v) is 12.8. The molecule has 0 aliphatic carbocycles. The summed E-state index contributed by atoms with van der Waals surface area (Å²) >= 11 is 0. The van der Waals surface area contributed by atoms with E-state index in [2.05, 4.69) is 0 Å². The maximum absolute atomic E-state index is 11.9. The molecule has 0 heterocycles. The molecule has 2 atom stereocenters. The standard InChI is InChI=1S/C16H24O4/c1-11(2)14(15(17)20-5)16(3,18)10-12-6-8-13(19-4)9-7-12/h6-9,11,14,18H,10H2,1-5H3. The Balaban J connectivity index is 2.92. The maximum atomic E-state index is 11.9. The number of rotatable bonds is 6. The zero-order valence-electron chi connectivity index (χ0n) is 12.8. The van der Waals surface area contributed by atoms with E-state index in [-0.39, 0.29) is 11.9 Å². The first-order valence-electron chi connectivity index (χ1n) is 6.75. The first-order valence-corrected chi connectivity index (χ1v) is 6.75. The second-order valence-electron chi connectivity index (χ2n) is 5.63. The van der Waals surface area contributed by atoms with Crippen LogP contribution in [0.15, 0.2) is 24.3 Å². The lowest BCUT2D eigenvalue weighted by Crippen LogP contribution is -2.45. The van der Waals surface area contributed by atoms with Crippen LogP contribution in [0.1, 0.15) is 26.3 Å². The van der Waals surface area contributed by atoms with Crippen molar-refractivity contribution in [1.82, 2.24) is 0 Å². The Labute approximate surface area is 120 Å². The van der Waals surface area contributed by atoms with Crippen LogP contribution in [0, 0.1) is 11.8 Å². The number of hydrogen-bond donors (Lipinski definition) is 1. The molecule has 1 aromatic carbocycles. The third-order valence-corrected chi connectivity index (χ3v) is 3.51. The highest BCUT2D eigenvalue weighted by Gasteiger charge is 2.40. The third-order valence-electron chi connectivity index (χ3n) is 3.51. The van der Waals surface area contributed by atoms with Gasteiger partial charge in [0.15, 0.2) is 0 Å². The van der Waals surface area contributed by atoms with E-state index in [1.165, 1.54) is 7.11 Å². The topological polar surface area (TPSA) is 55.8 Å². The zero-order chi connectivity index (χ0) is 15.3. The molecule has 1 aromatic rings. The van der Waals surface area contributed by atoms with Gasteiger partial charge < -0.3 is 14.6 Å². The Hall–Kier alpha value is -1.55. The van der Waals surface area contributed by atoms with Crippen molar-refractivity contribution in [3.8, 4) is 5.75 Å². The first-order chi connectivity index (χ1) is 9.31. The number of benzene rings is 1. The van der Waals surface area contributed by atoms with Gasteiger partial charge in [0, 0.05) is 6.42 Å². The summed E-state index contributed by atoms with van der Waals surface area (Å²) in [4.78, 5) is 11.9. The van der Waals surface area contributed by atoms with Gasteiger partial charge >= 0.3 is 5.97 Å². The Morgan fingerprint density at radius 3 is 2.20 bits per heavy atom. The number of methoxy groups -OCH3 is 2.